The summed E-state index contributed by atoms with van der Waals surface area (Å²) >= 11 is 5.89. The Labute approximate surface area is 182 Å². The van der Waals surface area contributed by atoms with Crippen LogP contribution in [0.3, 0.4) is 0 Å². The Morgan fingerprint density at radius 2 is 2.00 bits per heavy atom. The van der Waals surface area contributed by atoms with E-state index >= 15 is 0 Å². The number of carbonyl (C=O) groups is 1. The lowest BCUT2D eigenvalue weighted by Gasteiger charge is -2.21. The summed E-state index contributed by atoms with van der Waals surface area (Å²) in [6.45, 7) is 3.71. The molecule has 1 amide bonds. The van der Waals surface area contributed by atoms with Gasteiger partial charge >= 0.3 is 0 Å². The number of benzene rings is 2. The molecule has 29 heavy (non-hydrogen) atoms. The van der Waals surface area contributed by atoms with Gasteiger partial charge in [0.1, 0.15) is 30.3 Å². The fourth-order valence-electron chi connectivity index (χ4n) is 3.19. The van der Waals surface area contributed by atoms with Crippen molar-refractivity contribution in [2.45, 2.75) is 25.6 Å². The lowest BCUT2D eigenvalue weighted by atomic mass is 10.3. The predicted molar refractivity (Wildman–Crippen MR) is 116 cm³/mol. The molecule has 0 radical (unpaired) electrons. The molecule has 8 heteroatoms. The van der Waals surface area contributed by atoms with E-state index in [9.17, 15) is 9.90 Å². The van der Waals surface area contributed by atoms with Gasteiger partial charge in [-0.25, -0.2) is 0 Å². The molecule has 158 valence electrons. The number of nitrogens with zero attached hydrogens (tertiary/aromatic N) is 1. The third-order valence-corrected chi connectivity index (χ3v) is 4.70. The summed E-state index contributed by atoms with van der Waals surface area (Å²) in [7, 11) is 0. The van der Waals surface area contributed by atoms with Crippen LogP contribution in [0.4, 0.5) is 5.69 Å². The van der Waals surface area contributed by atoms with Gasteiger partial charge in [0.15, 0.2) is 0 Å². The summed E-state index contributed by atoms with van der Waals surface area (Å²) in [4.78, 5) is 13.4. The number of ether oxygens (including phenoxy) is 2. The standard InChI is InChI=1S/C21H25ClN2O4.ClH/c1-15(25)23-20-4-2-3-5-21(20)27-14-17(26)12-24-11-10-19(13-24)28-18-8-6-16(22)7-9-18;/h2-9,17,19,26H,10-14H2,1H3,(H,23,25);1H/t17?,19-;/m0./s1. The van der Waals surface area contributed by atoms with Gasteiger partial charge in [-0.3, -0.25) is 9.69 Å². The van der Waals surface area contributed by atoms with Crippen molar-refractivity contribution < 1.29 is 19.4 Å². The number of rotatable bonds is 8. The number of aliphatic hydroxyl groups excluding tert-OH is 1. The number of hydrogen-bond donors (Lipinski definition) is 2. The van der Waals surface area contributed by atoms with Crippen LogP contribution in [0.2, 0.25) is 5.02 Å². The molecule has 1 saturated heterocycles. The highest BCUT2D eigenvalue weighted by atomic mass is 35.5. The van der Waals surface area contributed by atoms with Gasteiger partial charge in [0.05, 0.1) is 5.69 Å². The Morgan fingerprint density at radius 1 is 1.28 bits per heavy atom. The summed E-state index contributed by atoms with van der Waals surface area (Å²) < 4.78 is 11.7. The van der Waals surface area contributed by atoms with E-state index in [1.54, 1.807) is 12.1 Å². The summed E-state index contributed by atoms with van der Waals surface area (Å²) in [6.07, 6.45) is 0.358. The molecule has 3 rings (SSSR count). The van der Waals surface area contributed by atoms with Crippen LogP contribution in [0.15, 0.2) is 48.5 Å². The van der Waals surface area contributed by atoms with Gasteiger partial charge in [-0.15, -0.1) is 12.4 Å². The number of β-amino-alcohol motifs (C(OH)–C–C–N with tert-alkyl or cyclic N) is 1. The van der Waals surface area contributed by atoms with Crippen molar-refractivity contribution in [2.75, 3.05) is 31.6 Å². The average molecular weight is 441 g/mol. The Morgan fingerprint density at radius 3 is 2.72 bits per heavy atom. The fraction of sp³-hybridized carbons (Fsp3) is 0.381. The van der Waals surface area contributed by atoms with E-state index in [1.807, 2.05) is 36.4 Å². The van der Waals surface area contributed by atoms with Crippen molar-refractivity contribution in [3.63, 3.8) is 0 Å². The van der Waals surface area contributed by atoms with E-state index in [4.69, 9.17) is 21.1 Å². The highest BCUT2D eigenvalue weighted by Gasteiger charge is 2.25. The molecule has 1 fully saturated rings. The van der Waals surface area contributed by atoms with Crippen LogP contribution in [0, 0.1) is 0 Å². The zero-order chi connectivity index (χ0) is 19.9. The molecule has 1 aliphatic heterocycles. The number of carbonyl (C=O) groups excluding carboxylic acids is 1. The quantitative estimate of drug-likeness (QED) is 0.655. The Balaban J connectivity index is 0.00000300. The van der Waals surface area contributed by atoms with Crippen molar-refractivity contribution in [2.24, 2.45) is 0 Å². The number of para-hydroxylation sites is 2. The molecule has 0 bridgehead atoms. The van der Waals surface area contributed by atoms with E-state index < -0.39 is 6.10 Å². The van der Waals surface area contributed by atoms with Crippen LogP contribution in [-0.2, 0) is 4.79 Å². The summed E-state index contributed by atoms with van der Waals surface area (Å²) in [5.74, 6) is 1.18. The maximum absolute atomic E-state index is 11.3. The van der Waals surface area contributed by atoms with Gasteiger partial charge in [0, 0.05) is 31.6 Å². The SMILES string of the molecule is CC(=O)Nc1ccccc1OCC(O)CN1CC[C@H](Oc2ccc(Cl)cc2)C1.Cl. The molecule has 2 N–H and O–H groups in total. The molecule has 1 unspecified atom stereocenters. The van der Waals surface area contributed by atoms with E-state index in [-0.39, 0.29) is 31.0 Å². The van der Waals surface area contributed by atoms with Gasteiger partial charge < -0.3 is 19.9 Å². The first-order chi connectivity index (χ1) is 13.5. The van der Waals surface area contributed by atoms with Gasteiger partial charge in [0.2, 0.25) is 5.91 Å². The zero-order valence-electron chi connectivity index (χ0n) is 16.2. The van der Waals surface area contributed by atoms with Gasteiger partial charge in [-0.05, 0) is 42.8 Å². The van der Waals surface area contributed by atoms with E-state index in [0.29, 0.717) is 23.0 Å². The topological polar surface area (TPSA) is 71.0 Å². The minimum absolute atomic E-state index is 0. The molecule has 1 heterocycles. The van der Waals surface area contributed by atoms with E-state index in [2.05, 4.69) is 10.2 Å². The second-order valence-electron chi connectivity index (χ2n) is 6.88. The molecular formula is C21H26Cl2N2O4. The number of hydrogen-bond acceptors (Lipinski definition) is 5. The minimum atomic E-state index is -0.639. The molecule has 0 aliphatic carbocycles. The molecule has 0 aromatic heterocycles. The van der Waals surface area contributed by atoms with Gasteiger partial charge in [-0.1, -0.05) is 23.7 Å². The molecule has 0 spiro atoms. The largest absolute Gasteiger partial charge is 0.489 e. The Bertz CT molecular complexity index is 789. The number of aliphatic hydroxyl groups is 1. The summed E-state index contributed by atoms with van der Waals surface area (Å²) in [5, 5.41) is 13.7. The third kappa shape index (κ3) is 7.40. The van der Waals surface area contributed by atoms with Crippen molar-refractivity contribution in [1.29, 1.82) is 0 Å². The van der Waals surface area contributed by atoms with Crippen LogP contribution in [-0.4, -0.2) is 54.4 Å². The number of halogens is 2. The van der Waals surface area contributed by atoms with Crippen LogP contribution >= 0.6 is 24.0 Å². The lowest BCUT2D eigenvalue weighted by molar-refractivity contribution is -0.114. The molecule has 6 nitrogen and oxygen atoms in total. The summed E-state index contributed by atoms with van der Waals surface area (Å²) in [6, 6.07) is 14.5. The Hall–Kier alpha value is -1.99. The first-order valence-electron chi connectivity index (χ1n) is 9.31. The van der Waals surface area contributed by atoms with Gasteiger partial charge in [-0.2, -0.15) is 0 Å². The third-order valence-electron chi connectivity index (χ3n) is 4.44. The van der Waals surface area contributed by atoms with Crippen LogP contribution in [0.1, 0.15) is 13.3 Å². The van der Waals surface area contributed by atoms with Crippen molar-refractivity contribution in [1.82, 2.24) is 4.90 Å². The lowest BCUT2D eigenvalue weighted by Crippen LogP contribution is -2.35. The summed E-state index contributed by atoms with van der Waals surface area (Å²) in [5.41, 5.74) is 0.597. The molecule has 2 atom stereocenters. The fourth-order valence-corrected chi connectivity index (χ4v) is 3.31. The number of anilines is 1. The first-order valence-corrected chi connectivity index (χ1v) is 9.69. The highest BCUT2D eigenvalue weighted by Crippen LogP contribution is 2.24. The number of nitrogens with one attached hydrogen (secondary N) is 1. The van der Waals surface area contributed by atoms with Crippen LogP contribution < -0.4 is 14.8 Å². The van der Waals surface area contributed by atoms with E-state index in [1.165, 1.54) is 6.92 Å². The monoisotopic (exact) mass is 440 g/mol. The second kappa shape index (κ2) is 11.3. The molecule has 2 aromatic carbocycles. The van der Waals surface area contributed by atoms with Crippen molar-refractivity contribution >= 4 is 35.6 Å². The maximum Gasteiger partial charge on any atom is 0.221 e. The first kappa shape index (κ1) is 23.3. The van der Waals surface area contributed by atoms with Crippen molar-refractivity contribution in [3.05, 3.63) is 53.6 Å². The molecule has 2 aromatic rings. The van der Waals surface area contributed by atoms with Crippen LogP contribution in [0.25, 0.3) is 0 Å². The molecular weight excluding hydrogens is 415 g/mol. The van der Waals surface area contributed by atoms with Crippen molar-refractivity contribution in [3.8, 4) is 11.5 Å². The van der Waals surface area contributed by atoms with Gasteiger partial charge in [0.25, 0.3) is 0 Å². The smallest absolute Gasteiger partial charge is 0.221 e. The highest BCUT2D eigenvalue weighted by molar-refractivity contribution is 6.30. The van der Waals surface area contributed by atoms with E-state index in [0.717, 1.165) is 25.3 Å². The Kier molecular flexibility index (Phi) is 9.04. The second-order valence-corrected chi connectivity index (χ2v) is 7.32. The average Bonchev–Trinajstić information content (AvgIpc) is 3.09. The number of likely N-dealkylation sites (tertiary alicyclic amines) is 1. The molecule has 0 saturated carbocycles. The zero-order valence-corrected chi connectivity index (χ0v) is 17.8. The number of amides is 1. The minimum Gasteiger partial charge on any atom is -0.489 e. The van der Waals surface area contributed by atoms with Crippen LogP contribution in [0.5, 0.6) is 11.5 Å². The molecule has 1 aliphatic rings. The normalized spacial score (nSPS) is 17.3. The maximum atomic E-state index is 11.3. The predicted octanol–water partition coefficient (Wildman–Crippen LogP) is 3.61.